The molecular weight excluding hydrogens is 338 g/mol. The van der Waals surface area contributed by atoms with E-state index in [-0.39, 0.29) is 11.6 Å². The highest BCUT2D eigenvalue weighted by Crippen LogP contribution is 2.30. The fraction of sp³-hybridized carbons (Fsp3) is 0.278. The van der Waals surface area contributed by atoms with E-state index < -0.39 is 5.97 Å². The van der Waals surface area contributed by atoms with Crippen LogP contribution in [0.2, 0.25) is 0 Å². The van der Waals surface area contributed by atoms with Crippen LogP contribution in [0, 0.1) is 0 Å². The van der Waals surface area contributed by atoms with Gasteiger partial charge in [0.05, 0.1) is 19.8 Å². The molecule has 0 bridgehead atoms. The summed E-state index contributed by atoms with van der Waals surface area (Å²) in [5, 5.41) is 12.1. The highest BCUT2D eigenvalue weighted by atomic mass is 16.5. The number of urea groups is 1. The molecule has 3 rings (SSSR count). The minimum absolute atomic E-state index is 0.197. The maximum absolute atomic E-state index is 12.6. The van der Waals surface area contributed by atoms with Crippen LogP contribution < -0.4 is 14.8 Å². The van der Waals surface area contributed by atoms with E-state index in [4.69, 9.17) is 9.47 Å². The van der Waals surface area contributed by atoms with Crippen LogP contribution in [0.25, 0.3) is 0 Å². The molecule has 8 nitrogen and oxygen atoms in total. The molecule has 0 saturated heterocycles. The number of anilines is 1. The zero-order valence-corrected chi connectivity index (χ0v) is 14.5. The number of carbonyl (C=O) groups is 2. The van der Waals surface area contributed by atoms with Crippen molar-refractivity contribution in [3.63, 3.8) is 0 Å². The molecule has 0 fully saturated rings. The Labute approximate surface area is 150 Å². The Morgan fingerprint density at radius 3 is 2.65 bits per heavy atom. The SMILES string of the molecule is COc1ccc(NC(=O)N2CCc3c(cncc3C(=O)O)C2)cc1OC. The molecular formula is C18H19N3O5. The first-order valence-electron chi connectivity index (χ1n) is 8.00. The van der Waals surface area contributed by atoms with Gasteiger partial charge in [-0.15, -0.1) is 0 Å². The van der Waals surface area contributed by atoms with Crippen molar-refractivity contribution < 1.29 is 24.2 Å². The van der Waals surface area contributed by atoms with Crippen LogP contribution in [-0.4, -0.2) is 47.8 Å². The van der Waals surface area contributed by atoms with Gasteiger partial charge >= 0.3 is 12.0 Å². The number of amides is 2. The molecule has 1 aromatic heterocycles. The van der Waals surface area contributed by atoms with Gasteiger partial charge in [0.15, 0.2) is 11.5 Å². The van der Waals surface area contributed by atoms with E-state index in [0.717, 1.165) is 11.1 Å². The average Bonchev–Trinajstić information content (AvgIpc) is 2.66. The molecule has 2 aromatic rings. The molecule has 2 heterocycles. The topological polar surface area (TPSA) is 101 Å². The van der Waals surface area contributed by atoms with Crippen molar-refractivity contribution in [2.75, 3.05) is 26.1 Å². The number of ether oxygens (including phenoxy) is 2. The molecule has 1 aromatic carbocycles. The molecule has 1 aliphatic rings. The number of aromatic nitrogens is 1. The van der Waals surface area contributed by atoms with Crippen molar-refractivity contribution in [1.29, 1.82) is 0 Å². The number of hydrogen-bond acceptors (Lipinski definition) is 5. The molecule has 2 N–H and O–H groups in total. The first kappa shape index (κ1) is 17.5. The van der Waals surface area contributed by atoms with Gasteiger partial charge in [-0.05, 0) is 29.7 Å². The van der Waals surface area contributed by atoms with E-state index >= 15 is 0 Å². The molecule has 1 aliphatic heterocycles. The lowest BCUT2D eigenvalue weighted by Gasteiger charge is -2.29. The van der Waals surface area contributed by atoms with Gasteiger partial charge in [0, 0.05) is 37.2 Å². The Morgan fingerprint density at radius 1 is 1.19 bits per heavy atom. The van der Waals surface area contributed by atoms with Gasteiger partial charge in [-0.3, -0.25) is 4.98 Å². The largest absolute Gasteiger partial charge is 0.493 e. The Hall–Kier alpha value is -3.29. The number of carboxylic acids is 1. The molecule has 0 radical (unpaired) electrons. The maximum Gasteiger partial charge on any atom is 0.337 e. The van der Waals surface area contributed by atoms with Crippen LogP contribution in [0.4, 0.5) is 10.5 Å². The number of carboxylic acid groups (broad SMARTS) is 1. The Balaban J connectivity index is 1.74. The number of rotatable bonds is 4. The van der Waals surface area contributed by atoms with Crippen LogP contribution in [0.1, 0.15) is 21.5 Å². The second-order valence-electron chi connectivity index (χ2n) is 5.80. The Morgan fingerprint density at radius 2 is 1.96 bits per heavy atom. The van der Waals surface area contributed by atoms with Crippen LogP contribution in [0.5, 0.6) is 11.5 Å². The van der Waals surface area contributed by atoms with E-state index in [1.165, 1.54) is 13.3 Å². The third kappa shape index (κ3) is 3.39. The summed E-state index contributed by atoms with van der Waals surface area (Å²) in [6, 6.07) is 4.84. The molecule has 0 atom stereocenters. The van der Waals surface area contributed by atoms with Gasteiger partial charge in [0.25, 0.3) is 0 Å². The predicted molar refractivity (Wildman–Crippen MR) is 93.9 cm³/mol. The average molecular weight is 357 g/mol. The first-order chi connectivity index (χ1) is 12.5. The number of carbonyl (C=O) groups excluding carboxylic acids is 1. The summed E-state index contributed by atoms with van der Waals surface area (Å²) in [6.07, 6.45) is 3.43. The fourth-order valence-electron chi connectivity index (χ4n) is 2.97. The normalized spacial score (nSPS) is 12.9. The standard InChI is InChI=1S/C18H19N3O5/c1-25-15-4-3-12(7-16(15)26-2)20-18(24)21-6-5-13-11(10-21)8-19-9-14(13)17(22)23/h3-4,7-9H,5-6,10H2,1-2H3,(H,20,24)(H,22,23). The van der Waals surface area contributed by atoms with Crippen LogP contribution in [0.3, 0.4) is 0 Å². The van der Waals surface area contributed by atoms with Gasteiger partial charge in [-0.25, -0.2) is 9.59 Å². The Kier molecular flexibility index (Phi) is 4.92. The lowest BCUT2D eigenvalue weighted by molar-refractivity contribution is 0.0694. The summed E-state index contributed by atoms with van der Waals surface area (Å²) >= 11 is 0. The van der Waals surface area contributed by atoms with Gasteiger partial charge in [0.1, 0.15) is 0 Å². The van der Waals surface area contributed by atoms with E-state index in [0.29, 0.717) is 36.7 Å². The van der Waals surface area contributed by atoms with Crippen molar-refractivity contribution in [3.05, 3.63) is 47.3 Å². The monoisotopic (exact) mass is 357 g/mol. The van der Waals surface area contributed by atoms with Gasteiger partial charge in [0.2, 0.25) is 0 Å². The number of methoxy groups -OCH3 is 2. The smallest absolute Gasteiger partial charge is 0.337 e. The quantitative estimate of drug-likeness (QED) is 0.871. The summed E-state index contributed by atoms with van der Waals surface area (Å²) in [4.78, 5) is 29.4. The van der Waals surface area contributed by atoms with Crippen molar-refractivity contribution in [3.8, 4) is 11.5 Å². The first-order valence-corrected chi connectivity index (χ1v) is 8.00. The minimum atomic E-state index is -1.00. The van der Waals surface area contributed by atoms with Crippen molar-refractivity contribution in [2.45, 2.75) is 13.0 Å². The lowest BCUT2D eigenvalue weighted by Crippen LogP contribution is -2.39. The maximum atomic E-state index is 12.6. The molecule has 0 saturated carbocycles. The number of aromatic carboxylic acids is 1. The summed E-state index contributed by atoms with van der Waals surface area (Å²) in [6.45, 7) is 0.735. The van der Waals surface area contributed by atoms with Crippen molar-refractivity contribution in [2.24, 2.45) is 0 Å². The van der Waals surface area contributed by atoms with Crippen LogP contribution in [-0.2, 0) is 13.0 Å². The zero-order valence-electron chi connectivity index (χ0n) is 14.5. The third-order valence-corrected chi connectivity index (χ3v) is 4.29. The number of hydrogen-bond donors (Lipinski definition) is 2. The second kappa shape index (κ2) is 7.30. The third-order valence-electron chi connectivity index (χ3n) is 4.29. The van der Waals surface area contributed by atoms with Crippen molar-refractivity contribution in [1.82, 2.24) is 9.88 Å². The highest BCUT2D eigenvalue weighted by Gasteiger charge is 2.25. The van der Waals surface area contributed by atoms with Crippen molar-refractivity contribution >= 4 is 17.7 Å². The molecule has 26 heavy (non-hydrogen) atoms. The minimum Gasteiger partial charge on any atom is -0.493 e. The van der Waals surface area contributed by atoms with Gasteiger partial charge in [-0.2, -0.15) is 0 Å². The fourth-order valence-corrected chi connectivity index (χ4v) is 2.97. The number of fused-ring (bicyclic) bond motifs is 1. The zero-order chi connectivity index (χ0) is 18.7. The number of pyridine rings is 1. The summed E-state index contributed by atoms with van der Waals surface area (Å²) in [5.74, 6) is 0.0897. The highest BCUT2D eigenvalue weighted by molar-refractivity contribution is 5.91. The molecule has 0 aliphatic carbocycles. The summed E-state index contributed by atoms with van der Waals surface area (Å²) in [5.41, 5.74) is 2.26. The molecule has 8 heteroatoms. The second-order valence-corrected chi connectivity index (χ2v) is 5.80. The number of benzene rings is 1. The van der Waals surface area contributed by atoms with Gasteiger partial charge in [-0.1, -0.05) is 0 Å². The molecule has 136 valence electrons. The van der Waals surface area contributed by atoms with Gasteiger partial charge < -0.3 is 24.8 Å². The predicted octanol–water partition coefficient (Wildman–Crippen LogP) is 2.39. The number of nitrogens with one attached hydrogen (secondary N) is 1. The lowest BCUT2D eigenvalue weighted by atomic mass is 9.97. The van der Waals surface area contributed by atoms with E-state index in [1.807, 2.05) is 0 Å². The summed E-state index contributed by atoms with van der Waals surface area (Å²) < 4.78 is 10.4. The van der Waals surface area contributed by atoms with Crippen LogP contribution in [0.15, 0.2) is 30.6 Å². The molecule has 0 unspecified atom stereocenters. The Bertz CT molecular complexity index is 853. The summed E-state index contributed by atoms with van der Waals surface area (Å²) in [7, 11) is 3.07. The van der Waals surface area contributed by atoms with E-state index in [1.54, 1.807) is 36.4 Å². The molecule has 2 amide bonds. The van der Waals surface area contributed by atoms with E-state index in [9.17, 15) is 14.7 Å². The van der Waals surface area contributed by atoms with Crippen LogP contribution >= 0.6 is 0 Å². The molecule has 0 spiro atoms. The van der Waals surface area contributed by atoms with E-state index in [2.05, 4.69) is 10.3 Å². The number of nitrogens with zero attached hydrogens (tertiary/aromatic N) is 2.